The van der Waals surface area contributed by atoms with Gasteiger partial charge < -0.3 is 15.2 Å². The van der Waals surface area contributed by atoms with Crippen LogP contribution < -0.4 is 10.6 Å². The maximum absolute atomic E-state index is 13.9. The smallest absolute Gasteiger partial charge is 0.238 e. The molecule has 2 amide bonds. The fourth-order valence-electron chi connectivity index (χ4n) is 2.70. The third-order valence-corrected chi connectivity index (χ3v) is 6.38. The highest BCUT2D eigenvalue weighted by Crippen LogP contribution is 2.37. The molecule has 9 heteroatoms. The normalized spacial score (nSPS) is 17.1. The summed E-state index contributed by atoms with van der Waals surface area (Å²) in [4.78, 5) is 25.0. The molecule has 2 atom stereocenters. The zero-order valence-electron chi connectivity index (χ0n) is 15.0. The maximum Gasteiger partial charge on any atom is 0.238 e. The summed E-state index contributed by atoms with van der Waals surface area (Å²) in [7, 11) is 0. The molecular formula is C18H20FN3O3S2. The van der Waals surface area contributed by atoms with Crippen LogP contribution in [0.5, 0.6) is 0 Å². The molecule has 0 radical (unpaired) electrons. The van der Waals surface area contributed by atoms with Crippen LogP contribution in [-0.2, 0) is 9.59 Å². The van der Waals surface area contributed by atoms with Gasteiger partial charge in [-0.15, -0.1) is 23.5 Å². The Morgan fingerprint density at radius 1 is 1.48 bits per heavy atom. The predicted molar refractivity (Wildman–Crippen MR) is 104 cm³/mol. The fourth-order valence-corrected chi connectivity index (χ4v) is 4.54. The van der Waals surface area contributed by atoms with Crippen LogP contribution in [0.15, 0.2) is 33.7 Å². The average Bonchev–Trinajstić information content (AvgIpc) is 3.05. The van der Waals surface area contributed by atoms with Crippen LogP contribution in [0, 0.1) is 12.7 Å². The Labute approximate surface area is 165 Å². The van der Waals surface area contributed by atoms with Gasteiger partial charge in [0.25, 0.3) is 0 Å². The second-order valence-corrected chi connectivity index (χ2v) is 8.61. The van der Waals surface area contributed by atoms with Crippen molar-refractivity contribution in [2.45, 2.75) is 36.5 Å². The number of amides is 2. The largest absolute Gasteiger partial charge is 0.360 e. The van der Waals surface area contributed by atoms with Crippen LogP contribution in [0.25, 0.3) is 0 Å². The van der Waals surface area contributed by atoms with Crippen molar-refractivity contribution in [1.82, 2.24) is 10.5 Å². The second-order valence-electron chi connectivity index (χ2n) is 6.18. The molecule has 1 aliphatic rings. The van der Waals surface area contributed by atoms with Gasteiger partial charge in [0.1, 0.15) is 11.6 Å². The molecular weight excluding hydrogens is 389 g/mol. The molecule has 0 spiro atoms. The number of aromatic nitrogens is 1. The molecule has 0 saturated carbocycles. The number of hydrogen-bond acceptors (Lipinski definition) is 6. The van der Waals surface area contributed by atoms with E-state index in [1.165, 1.54) is 29.6 Å². The van der Waals surface area contributed by atoms with Crippen molar-refractivity contribution in [3.8, 4) is 0 Å². The number of halogens is 1. The van der Waals surface area contributed by atoms with Crippen LogP contribution in [-0.4, -0.2) is 33.7 Å². The lowest BCUT2D eigenvalue weighted by Crippen LogP contribution is -2.33. The van der Waals surface area contributed by atoms with E-state index in [-0.39, 0.29) is 29.4 Å². The van der Waals surface area contributed by atoms with E-state index in [0.717, 1.165) is 17.7 Å². The van der Waals surface area contributed by atoms with Crippen molar-refractivity contribution < 1.29 is 18.5 Å². The summed E-state index contributed by atoms with van der Waals surface area (Å²) in [5.41, 5.74) is 0.816. The number of nitrogens with zero attached hydrogens (tertiary/aromatic N) is 1. The van der Waals surface area contributed by atoms with Gasteiger partial charge in [0.15, 0.2) is 5.82 Å². The summed E-state index contributed by atoms with van der Waals surface area (Å²) in [6.45, 7) is 3.46. The van der Waals surface area contributed by atoms with Crippen LogP contribution in [0.4, 0.5) is 10.2 Å². The Balaban J connectivity index is 1.50. The minimum absolute atomic E-state index is 0.140. The number of aryl methyl sites for hydroxylation is 1. The van der Waals surface area contributed by atoms with Gasteiger partial charge in [0.05, 0.1) is 17.0 Å². The van der Waals surface area contributed by atoms with Crippen molar-refractivity contribution in [1.29, 1.82) is 0 Å². The number of thioether (sulfide) groups is 2. The van der Waals surface area contributed by atoms with E-state index >= 15 is 0 Å². The first-order valence-electron chi connectivity index (χ1n) is 8.50. The first-order chi connectivity index (χ1) is 12.9. The Hall–Kier alpha value is -2.00. The zero-order chi connectivity index (χ0) is 19.4. The number of nitrogens with one attached hydrogen (secondary N) is 2. The molecule has 1 aromatic carbocycles. The van der Waals surface area contributed by atoms with Gasteiger partial charge in [-0.05, 0) is 31.9 Å². The minimum atomic E-state index is -0.431. The number of anilines is 1. The van der Waals surface area contributed by atoms with E-state index in [1.54, 1.807) is 26.0 Å². The van der Waals surface area contributed by atoms with Gasteiger partial charge in [0.2, 0.25) is 11.8 Å². The number of benzene rings is 1. The van der Waals surface area contributed by atoms with E-state index in [2.05, 4.69) is 15.8 Å². The van der Waals surface area contributed by atoms with Crippen molar-refractivity contribution in [3.63, 3.8) is 0 Å². The fraction of sp³-hybridized carbons (Fsp3) is 0.389. The minimum Gasteiger partial charge on any atom is -0.360 e. The highest BCUT2D eigenvalue weighted by atomic mass is 32.2. The lowest BCUT2D eigenvalue weighted by atomic mass is 10.0. The summed E-state index contributed by atoms with van der Waals surface area (Å²) in [6, 6.07) is 6.36. The Morgan fingerprint density at radius 3 is 3.04 bits per heavy atom. The summed E-state index contributed by atoms with van der Waals surface area (Å²) in [5.74, 6) is 1.17. The van der Waals surface area contributed by atoms with Crippen LogP contribution in [0.1, 0.15) is 30.7 Å². The van der Waals surface area contributed by atoms with E-state index in [0.29, 0.717) is 16.5 Å². The summed E-state index contributed by atoms with van der Waals surface area (Å²) < 4.78 is 18.8. The molecule has 1 aliphatic heterocycles. The lowest BCUT2D eigenvalue weighted by molar-refractivity contribution is -0.119. The number of fused-ring (bicyclic) bond motifs is 1. The van der Waals surface area contributed by atoms with Gasteiger partial charge >= 0.3 is 0 Å². The third kappa shape index (κ3) is 5.04. The molecule has 0 aliphatic carbocycles. The monoisotopic (exact) mass is 409 g/mol. The average molecular weight is 410 g/mol. The summed E-state index contributed by atoms with van der Waals surface area (Å²) in [6.07, 6.45) is 0.749. The maximum atomic E-state index is 13.9. The van der Waals surface area contributed by atoms with Crippen LogP contribution in [0.2, 0.25) is 0 Å². The van der Waals surface area contributed by atoms with Crippen molar-refractivity contribution >= 4 is 41.2 Å². The first-order valence-corrected chi connectivity index (χ1v) is 10.5. The highest BCUT2D eigenvalue weighted by Gasteiger charge is 2.25. The molecule has 144 valence electrons. The third-order valence-electron chi connectivity index (χ3n) is 4.07. The number of carbonyl (C=O) groups excluding carboxylic acids is 2. The standard InChI is InChI=1S/C18H20FN3O3S2/c1-10-8-15(22-25-10)21-18(24)11(2)27-9-16(23)20-14-6-7-26-17-12(14)4-3-5-13(17)19/h3-5,8,11,14H,6-7,9H2,1-2H3,(H,20,23)(H,21,22,24). The van der Waals surface area contributed by atoms with Gasteiger partial charge in [-0.1, -0.05) is 17.3 Å². The zero-order valence-corrected chi connectivity index (χ0v) is 16.6. The SMILES string of the molecule is Cc1cc(NC(=O)C(C)SCC(=O)NC2CCSc3c(F)cccc32)no1. The van der Waals surface area contributed by atoms with Crippen LogP contribution in [0.3, 0.4) is 0 Å². The highest BCUT2D eigenvalue weighted by molar-refractivity contribution is 8.01. The molecule has 2 unspecified atom stereocenters. The van der Waals surface area contributed by atoms with Gasteiger partial charge in [0, 0.05) is 16.7 Å². The van der Waals surface area contributed by atoms with E-state index in [9.17, 15) is 14.0 Å². The Morgan fingerprint density at radius 2 is 2.30 bits per heavy atom. The van der Waals surface area contributed by atoms with Crippen molar-refractivity contribution in [2.24, 2.45) is 0 Å². The molecule has 27 heavy (non-hydrogen) atoms. The molecule has 6 nitrogen and oxygen atoms in total. The molecule has 0 saturated heterocycles. The molecule has 1 aromatic heterocycles. The molecule has 2 N–H and O–H groups in total. The molecule has 2 heterocycles. The summed E-state index contributed by atoms with van der Waals surface area (Å²) in [5, 5.41) is 8.88. The van der Waals surface area contributed by atoms with Crippen LogP contribution >= 0.6 is 23.5 Å². The predicted octanol–water partition coefficient (Wildman–Crippen LogP) is 3.54. The lowest BCUT2D eigenvalue weighted by Gasteiger charge is -2.26. The first kappa shape index (κ1) is 19.8. The molecule has 0 fully saturated rings. The van der Waals surface area contributed by atoms with Gasteiger partial charge in [-0.25, -0.2) is 4.39 Å². The quantitative estimate of drug-likeness (QED) is 0.759. The van der Waals surface area contributed by atoms with E-state index < -0.39 is 5.25 Å². The van der Waals surface area contributed by atoms with E-state index in [1.807, 2.05) is 6.07 Å². The van der Waals surface area contributed by atoms with Crippen molar-refractivity contribution in [3.05, 3.63) is 41.4 Å². The number of rotatable bonds is 6. The second kappa shape index (κ2) is 8.79. The molecule has 2 aromatic rings. The van der Waals surface area contributed by atoms with Gasteiger partial charge in [-0.2, -0.15) is 0 Å². The van der Waals surface area contributed by atoms with Gasteiger partial charge in [-0.3, -0.25) is 9.59 Å². The molecule has 0 bridgehead atoms. The summed E-state index contributed by atoms with van der Waals surface area (Å²) >= 11 is 2.70. The Kier molecular flexibility index (Phi) is 6.43. The topological polar surface area (TPSA) is 84.2 Å². The Bertz CT molecular complexity index is 843. The number of hydrogen-bond donors (Lipinski definition) is 2. The number of carbonyl (C=O) groups is 2. The molecule has 3 rings (SSSR count). The van der Waals surface area contributed by atoms with Crippen molar-refractivity contribution in [2.75, 3.05) is 16.8 Å². The van der Waals surface area contributed by atoms with E-state index in [4.69, 9.17) is 4.52 Å².